The molecule has 0 bridgehead atoms. The highest BCUT2D eigenvalue weighted by Crippen LogP contribution is 2.13. The van der Waals surface area contributed by atoms with Gasteiger partial charge in [-0.3, -0.25) is 14.2 Å². The van der Waals surface area contributed by atoms with Crippen LogP contribution in [-0.4, -0.2) is 59.3 Å². The second-order valence-electron chi connectivity index (χ2n) is 7.21. The van der Waals surface area contributed by atoms with Gasteiger partial charge in [0.05, 0.1) is 17.2 Å². The molecule has 1 amide bonds. The first kappa shape index (κ1) is 21.0. The number of carbonyl (C=O) groups excluding carboxylic acids is 1. The van der Waals surface area contributed by atoms with E-state index >= 15 is 0 Å². The Kier molecular flexibility index (Phi) is 5.97. The molecule has 31 heavy (non-hydrogen) atoms. The molecule has 4 rings (SSSR count). The first-order chi connectivity index (χ1) is 14.9. The predicted molar refractivity (Wildman–Crippen MR) is 119 cm³/mol. The average molecular weight is 439 g/mol. The van der Waals surface area contributed by atoms with Crippen molar-refractivity contribution in [1.82, 2.24) is 18.8 Å². The summed E-state index contributed by atoms with van der Waals surface area (Å²) < 4.78 is 28.0. The Morgan fingerprint density at radius 3 is 2.39 bits per heavy atom. The maximum atomic E-state index is 12.8. The highest BCUT2D eigenvalue weighted by Gasteiger charge is 2.27. The number of aromatic nitrogens is 2. The van der Waals surface area contributed by atoms with E-state index in [1.165, 1.54) is 20.5 Å². The lowest BCUT2D eigenvalue weighted by atomic mass is 10.2. The van der Waals surface area contributed by atoms with E-state index in [4.69, 9.17) is 0 Å². The molecule has 1 aromatic heterocycles. The zero-order valence-electron chi connectivity index (χ0n) is 16.8. The summed E-state index contributed by atoms with van der Waals surface area (Å²) in [6, 6.07) is 16.3. The van der Waals surface area contributed by atoms with Crippen LogP contribution in [0, 0.1) is 0 Å². The first-order valence-electron chi connectivity index (χ1n) is 9.90. The van der Waals surface area contributed by atoms with E-state index in [9.17, 15) is 18.0 Å². The molecule has 1 aliphatic rings. The van der Waals surface area contributed by atoms with Crippen molar-refractivity contribution in [3.8, 4) is 0 Å². The summed E-state index contributed by atoms with van der Waals surface area (Å²) in [4.78, 5) is 30.7. The van der Waals surface area contributed by atoms with Crippen molar-refractivity contribution in [3.05, 3.63) is 82.1 Å². The molecule has 160 valence electrons. The molecule has 1 saturated heterocycles. The number of fused-ring (bicyclic) bond motifs is 1. The predicted octanol–water partition coefficient (Wildman–Crippen LogP) is 1.54. The van der Waals surface area contributed by atoms with E-state index in [1.54, 1.807) is 29.2 Å². The van der Waals surface area contributed by atoms with Crippen LogP contribution >= 0.6 is 0 Å². The number of hydrogen-bond donors (Lipinski definition) is 0. The number of hydrogen-bond acceptors (Lipinski definition) is 5. The molecular weight excluding hydrogens is 416 g/mol. The van der Waals surface area contributed by atoms with Gasteiger partial charge >= 0.3 is 0 Å². The van der Waals surface area contributed by atoms with Gasteiger partial charge < -0.3 is 4.90 Å². The SMILES string of the molecule is O=C(Cn1c(=O)cnc2ccccc21)N1CCN(S(=O)(=O)/C=C/c2ccccc2)CC1. The maximum absolute atomic E-state index is 12.8. The molecule has 1 fully saturated rings. The van der Waals surface area contributed by atoms with Crippen molar-refractivity contribution in [1.29, 1.82) is 0 Å². The molecule has 2 aromatic carbocycles. The van der Waals surface area contributed by atoms with Gasteiger partial charge in [0.15, 0.2) is 0 Å². The Labute approximate surface area is 180 Å². The van der Waals surface area contributed by atoms with Crippen molar-refractivity contribution in [3.63, 3.8) is 0 Å². The third-order valence-corrected chi connectivity index (χ3v) is 6.79. The minimum absolute atomic E-state index is 0.109. The molecule has 0 N–H and O–H groups in total. The van der Waals surface area contributed by atoms with E-state index in [0.717, 1.165) is 5.56 Å². The second kappa shape index (κ2) is 8.83. The van der Waals surface area contributed by atoms with Gasteiger partial charge in [-0.1, -0.05) is 42.5 Å². The number of benzene rings is 2. The number of para-hydroxylation sites is 2. The van der Waals surface area contributed by atoms with Gasteiger partial charge in [0, 0.05) is 31.6 Å². The molecule has 1 aliphatic heterocycles. The number of piperazine rings is 1. The monoisotopic (exact) mass is 438 g/mol. The lowest BCUT2D eigenvalue weighted by molar-refractivity contribution is -0.133. The van der Waals surface area contributed by atoms with Gasteiger partial charge in [0.2, 0.25) is 15.9 Å². The second-order valence-corrected chi connectivity index (χ2v) is 9.03. The fraction of sp³-hybridized carbons (Fsp3) is 0.227. The van der Waals surface area contributed by atoms with Crippen LogP contribution in [0.1, 0.15) is 5.56 Å². The van der Waals surface area contributed by atoms with Gasteiger partial charge in [-0.25, -0.2) is 13.4 Å². The standard InChI is InChI=1S/C22H22N4O4S/c27-21-16-23-19-8-4-5-9-20(19)26(21)17-22(28)24-11-13-25(14-12-24)31(29,30)15-10-18-6-2-1-3-7-18/h1-10,15-16H,11-14,17H2/b15-10+. The number of nitrogens with zero attached hydrogens (tertiary/aromatic N) is 4. The van der Waals surface area contributed by atoms with Gasteiger partial charge in [-0.2, -0.15) is 4.31 Å². The van der Waals surface area contributed by atoms with Crippen LogP contribution < -0.4 is 5.56 Å². The molecule has 2 heterocycles. The summed E-state index contributed by atoms with van der Waals surface area (Å²) in [5.41, 5.74) is 1.68. The summed E-state index contributed by atoms with van der Waals surface area (Å²) in [5.74, 6) is -0.227. The van der Waals surface area contributed by atoms with Gasteiger partial charge in [0.1, 0.15) is 6.54 Å². The fourth-order valence-electron chi connectivity index (χ4n) is 3.52. The summed E-state index contributed by atoms with van der Waals surface area (Å²) >= 11 is 0. The largest absolute Gasteiger partial charge is 0.338 e. The molecule has 0 atom stereocenters. The Bertz CT molecular complexity index is 1280. The van der Waals surface area contributed by atoms with Crippen LogP contribution in [0.4, 0.5) is 0 Å². The minimum Gasteiger partial charge on any atom is -0.338 e. The van der Waals surface area contributed by atoms with Crippen molar-refractivity contribution >= 4 is 33.0 Å². The Morgan fingerprint density at radius 1 is 0.968 bits per heavy atom. The smallest absolute Gasteiger partial charge is 0.269 e. The Hall–Kier alpha value is -3.30. The van der Waals surface area contributed by atoms with Crippen LogP contribution in [0.2, 0.25) is 0 Å². The minimum atomic E-state index is -3.57. The molecule has 3 aromatic rings. The number of rotatable bonds is 5. The average Bonchev–Trinajstić information content (AvgIpc) is 2.80. The van der Waals surface area contributed by atoms with E-state index in [0.29, 0.717) is 11.0 Å². The molecule has 0 saturated carbocycles. The number of carbonyl (C=O) groups is 1. The zero-order chi connectivity index (χ0) is 21.8. The number of amides is 1. The van der Waals surface area contributed by atoms with E-state index in [2.05, 4.69) is 4.98 Å². The molecular formula is C22H22N4O4S. The Morgan fingerprint density at radius 2 is 1.65 bits per heavy atom. The van der Waals surface area contributed by atoms with E-state index < -0.39 is 10.0 Å². The lowest BCUT2D eigenvalue weighted by Crippen LogP contribution is -2.51. The van der Waals surface area contributed by atoms with Crippen LogP contribution in [0.15, 0.2) is 71.0 Å². The third-order valence-electron chi connectivity index (χ3n) is 5.23. The molecule has 0 spiro atoms. The van der Waals surface area contributed by atoms with Crippen LogP contribution in [0.25, 0.3) is 17.1 Å². The normalized spacial score (nSPS) is 15.5. The summed E-state index contributed by atoms with van der Waals surface area (Å²) in [6.07, 6.45) is 2.77. The summed E-state index contributed by atoms with van der Waals surface area (Å²) in [6.45, 7) is 0.852. The van der Waals surface area contributed by atoms with Gasteiger partial charge in [-0.15, -0.1) is 0 Å². The van der Waals surface area contributed by atoms with Crippen LogP contribution in [0.5, 0.6) is 0 Å². The van der Waals surface area contributed by atoms with E-state index in [1.807, 2.05) is 36.4 Å². The molecule has 0 aliphatic carbocycles. The van der Waals surface area contributed by atoms with Crippen LogP contribution in [0.3, 0.4) is 0 Å². The van der Waals surface area contributed by atoms with Crippen molar-refractivity contribution < 1.29 is 13.2 Å². The lowest BCUT2D eigenvalue weighted by Gasteiger charge is -2.33. The maximum Gasteiger partial charge on any atom is 0.269 e. The summed E-state index contributed by atoms with van der Waals surface area (Å²) in [5, 5.41) is 1.20. The van der Waals surface area contributed by atoms with E-state index in [-0.39, 0.29) is 44.2 Å². The zero-order valence-corrected chi connectivity index (χ0v) is 17.6. The molecule has 0 unspecified atom stereocenters. The molecule has 9 heteroatoms. The van der Waals surface area contributed by atoms with Crippen molar-refractivity contribution in [2.45, 2.75) is 6.54 Å². The molecule has 8 nitrogen and oxygen atoms in total. The first-order valence-corrected chi connectivity index (χ1v) is 11.4. The topological polar surface area (TPSA) is 92.6 Å². The molecule has 0 radical (unpaired) electrons. The van der Waals surface area contributed by atoms with Gasteiger partial charge in [-0.05, 0) is 23.8 Å². The third kappa shape index (κ3) is 4.73. The Balaban J connectivity index is 1.41. The van der Waals surface area contributed by atoms with Crippen molar-refractivity contribution in [2.75, 3.05) is 26.2 Å². The quantitative estimate of drug-likeness (QED) is 0.603. The van der Waals surface area contributed by atoms with Gasteiger partial charge in [0.25, 0.3) is 5.56 Å². The van der Waals surface area contributed by atoms with Crippen molar-refractivity contribution in [2.24, 2.45) is 0 Å². The fourth-order valence-corrected chi connectivity index (χ4v) is 4.69. The highest BCUT2D eigenvalue weighted by molar-refractivity contribution is 7.92. The number of sulfonamides is 1. The van der Waals surface area contributed by atoms with Crippen LogP contribution in [-0.2, 0) is 21.4 Å². The summed E-state index contributed by atoms with van der Waals surface area (Å²) in [7, 11) is -3.57. The highest BCUT2D eigenvalue weighted by atomic mass is 32.2.